The van der Waals surface area contributed by atoms with Crippen molar-refractivity contribution in [3.05, 3.63) is 200 Å². The number of hydrogen-bond donors (Lipinski definition) is 0. The molecule has 0 unspecified atom stereocenters. The summed E-state index contributed by atoms with van der Waals surface area (Å²) in [6.45, 7) is 0. The number of furan rings is 1. The molecule has 11 aromatic rings. The third-order valence-corrected chi connectivity index (χ3v) is 12.0. The lowest BCUT2D eigenvalue weighted by Crippen LogP contribution is -2.11. The highest BCUT2D eigenvalue weighted by atomic mass is 32.1. The molecule has 0 amide bonds. The molecule has 0 aliphatic heterocycles. The second kappa shape index (κ2) is 12.9. The molecule has 0 saturated carbocycles. The molecule has 0 aliphatic rings. The molecule has 2 aromatic heterocycles. The summed E-state index contributed by atoms with van der Waals surface area (Å²) < 4.78 is 8.88. The molecule has 0 N–H and O–H groups in total. The number of thiophene rings is 1. The lowest BCUT2D eigenvalue weighted by molar-refractivity contribution is 0.669. The summed E-state index contributed by atoms with van der Waals surface area (Å²) in [6, 6.07) is 72.3. The van der Waals surface area contributed by atoms with Gasteiger partial charge in [0, 0.05) is 47.9 Å². The Kier molecular flexibility index (Phi) is 7.39. The Hall–Kier alpha value is -6.94. The van der Waals surface area contributed by atoms with Gasteiger partial charge in [-0.25, -0.2) is 0 Å². The molecule has 258 valence electrons. The van der Waals surface area contributed by atoms with Crippen LogP contribution in [0.5, 0.6) is 0 Å². The van der Waals surface area contributed by atoms with Crippen molar-refractivity contribution in [3.63, 3.8) is 0 Å². The Morgan fingerprint density at radius 3 is 1.96 bits per heavy atom. The van der Waals surface area contributed by atoms with Crippen LogP contribution in [-0.4, -0.2) is 0 Å². The van der Waals surface area contributed by atoms with Gasteiger partial charge < -0.3 is 9.32 Å². The molecule has 0 bridgehead atoms. The van der Waals surface area contributed by atoms with Crippen LogP contribution in [-0.2, 0) is 0 Å². The molecular weight excluding hydrogens is 687 g/mol. The van der Waals surface area contributed by atoms with Crippen molar-refractivity contribution in [2.75, 3.05) is 4.90 Å². The summed E-state index contributed by atoms with van der Waals surface area (Å²) in [6.07, 6.45) is 0. The number of hydrogen-bond acceptors (Lipinski definition) is 3. The molecule has 0 radical (unpaired) electrons. The summed E-state index contributed by atoms with van der Waals surface area (Å²) in [5, 5.41) is 7.36. The van der Waals surface area contributed by atoms with E-state index >= 15 is 0 Å². The maximum absolute atomic E-state index is 6.26. The summed E-state index contributed by atoms with van der Waals surface area (Å²) in [7, 11) is 0. The van der Waals surface area contributed by atoms with Crippen LogP contribution >= 0.6 is 11.3 Å². The summed E-state index contributed by atoms with van der Waals surface area (Å²) in [5.41, 5.74) is 12.2. The highest BCUT2D eigenvalue weighted by molar-refractivity contribution is 7.25. The van der Waals surface area contributed by atoms with Crippen LogP contribution in [0.2, 0.25) is 0 Å². The molecule has 0 saturated heterocycles. The predicted octanol–water partition coefficient (Wildman–Crippen LogP) is 15.6. The predicted molar refractivity (Wildman–Crippen MR) is 235 cm³/mol. The topological polar surface area (TPSA) is 16.4 Å². The van der Waals surface area contributed by atoms with Crippen LogP contribution in [0.25, 0.3) is 86.3 Å². The molecule has 9 aromatic carbocycles. The average Bonchev–Trinajstić information content (AvgIpc) is 3.82. The van der Waals surface area contributed by atoms with Crippen LogP contribution in [0.15, 0.2) is 205 Å². The molecule has 2 nitrogen and oxygen atoms in total. The van der Waals surface area contributed by atoms with E-state index < -0.39 is 0 Å². The fraction of sp³-hybridized carbons (Fsp3) is 0. The van der Waals surface area contributed by atoms with Crippen LogP contribution in [0, 0.1) is 0 Å². The van der Waals surface area contributed by atoms with Crippen molar-refractivity contribution in [3.8, 4) is 33.4 Å². The molecule has 0 atom stereocenters. The number of benzene rings is 9. The van der Waals surface area contributed by atoms with Crippen LogP contribution in [0.3, 0.4) is 0 Å². The minimum absolute atomic E-state index is 0.902. The van der Waals surface area contributed by atoms with Crippen molar-refractivity contribution in [2.45, 2.75) is 0 Å². The van der Waals surface area contributed by atoms with E-state index in [1.165, 1.54) is 53.2 Å². The molecule has 11 rings (SSSR count). The normalized spacial score (nSPS) is 11.6. The van der Waals surface area contributed by atoms with E-state index in [0.717, 1.165) is 50.1 Å². The molecule has 0 fully saturated rings. The number of nitrogens with zero attached hydrogens (tertiary/aromatic N) is 1. The minimum atomic E-state index is 0.902. The molecule has 2 heterocycles. The first-order valence-electron chi connectivity index (χ1n) is 18.7. The third kappa shape index (κ3) is 5.40. The van der Waals surface area contributed by atoms with Gasteiger partial charge in [0.15, 0.2) is 0 Å². The van der Waals surface area contributed by atoms with E-state index in [9.17, 15) is 0 Å². The van der Waals surface area contributed by atoms with Gasteiger partial charge in [-0.2, -0.15) is 0 Å². The van der Waals surface area contributed by atoms with Gasteiger partial charge in [-0.3, -0.25) is 0 Å². The lowest BCUT2D eigenvalue weighted by Gasteiger charge is -2.28. The highest BCUT2D eigenvalue weighted by Gasteiger charge is 2.19. The Morgan fingerprint density at radius 1 is 0.364 bits per heavy atom. The molecule has 0 spiro atoms. The van der Waals surface area contributed by atoms with E-state index in [2.05, 4.69) is 193 Å². The van der Waals surface area contributed by atoms with Gasteiger partial charge in [-0.15, -0.1) is 11.3 Å². The van der Waals surface area contributed by atoms with Gasteiger partial charge >= 0.3 is 0 Å². The van der Waals surface area contributed by atoms with Crippen molar-refractivity contribution in [2.24, 2.45) is 0 Å². The second-order valence-electron chi connectivity index (χ2n) is 14.1. The standard InChI is InChI=1S/C52H33NOS/c1-2-12-36-31-39(24-23-34(36)11-1)42-15-3-6-19-47(42)53(40-28-25-35(26-29-40)37-27-30-45-44-16-4-7-20-48(44)54-49(45)33-37)41-14-9-13-38(32-41)43-18-10-22-51-52(43)46-17-5-8-21-50(46)55-51/h1-33H. The van der Waals surface area contributed by atoms with Crippen molar-refractivity contribution in [1.29, 1.82) is 0 Å². The first kappa shape index (κ1) is 31.6. The fourth-order valence-corrected chi connectivity index (χ4v) is 9.37. The molecular formula is C52H33NOS. The maximum atomic E-state index is 6.26. The zero-order valence-corrected chi connectivity index (χ0v) is 30.6. The number of fused-ring (bicyclic) bond motifs is 7. The minimum Gasteiger partial charge on any atom is -0.456 e. The Balaban J connectivity index is 1.07. The smallest absolute Gasteiger partial charge is 0.136 e. The van der Waals surface area contributed by atoms with Crippen LogP contribution < -0.4 is 4.90 Å². The number of para-hydroxylation sites is 2. The monoisotopic (exact) mass is 719 g/mol. The zero-order chi connectivity index (χ0) is 36.3. The lowest BCUT2D eigenvalue weighted by atomic mass is 9.97. The first-order chi connectivity index (χ1) is 27.2. The van der Waals surface area contributed by atoms with Gasteiger partial charge in [0.1, 0.15) is 11.2 Å². The largest absolute Gasteiger partial charge is 0.456 e. The number of anilines is 3. The fourth-order valence-electron chi connectivity index (χ4n) is 8.23. The zero-order valence-electron chi connectivity index (χ0n) is 29.8. The van der Waals surface area contributed by atoms with Crippen molar-refractivity contribution >= 4 is 81.3 Å². The van der Waals surface area contributed by atoms with E-state index in [0.29, 0.717) is 0 Å². The summed E-state index contributed by atoms with van der Waals surface area (Å²) in [5.74, 6) is 0. The van der Waals surface area contributed by atoms with Gasteiger partial charge in [0.05, 0.1) is 5.69 Å². The van der Waals surface area contributed by atoms with Crippen LogP contribution in [0.4, 0.5) is 17.1 Å². The SMILES string of the molecule is c1cc(-c2cccc3sc4ccccc4c23)cc(N(c2ccc(-c3ccc4c(c3)oc3ccccc34)cc2)c2ccccc2-c2ccc3ccccc3c2)c1. The average molecular weight is 720 g/mol. The van der Waals surface area contributed by atoms with E-state index in [1.807, 2.05) is 23.5 Å². The van der Waals surface area contributed by atoms with Gasteiger partial charge in [-0.1, -0.05) is 133 Å². The van der Waals surface area contributed by atoms with Gasteiger partial charge in [0.25, 0.3) is 0 Å². The maximum Gasteiger partial charge on any atom is 0.136 e. The Labute approximate surface area is 322 Å². The van der Waals surface area contributed by atoms with Gasteiger partial charge in [0.2, 0.25) is 0 Å². The molecule has 0 aliphatic carbocycles. The highest BCUT2D eigenvalue weighted by Crippen LogP contribution is 2.45. The Morgan fingerprint density at radius 2 is 1.04 bits per heavy atom. The van der Waals surface area contributed by atoms with E-state index in [-0.39, 0.29) is 0 Å². The first-order valence-corrected chi connectivity index (χ1v) is 19.5. The van der Waals surface area contributed by atoms with Gasteiger partial charge in [-0.05, 0) is 105 Å². The molecule has 3 heteroatoms. The number of rotatable bonds is 6. The molecule has 55 heavy (non-hydrogen) atoms. The quantitative estimate of drug-likeness (QED) is 0.170. The van der Waals surface area contributed by atoms with Crippen molar-refractivity contribution < 1.29 is 4.42 Å². The summed E-state index contributed by atoms with van der Waals surface area (Å²) in [4.78, 5) is 2.41. The Bertz CT molecular complexity index is 3220. The van der Waals surface area contributed by atoms with Crippen LogP contribution in [0.1, 0.15) is 0 Å². The van der Waals surface area contributed by atoms with E-state index in [4.69, 9.17) is 4.42 Å². The summed E-state index contributed by atoms with van der Waals surface area (Å²) >= 11 is 1.86. The third-order valence-electron chi connectivity index (χ3n) is 10.9. The second-order valence-corrected chi connectivity index (χ2v) is 15.2. The van der Waals surface area contributed by atoms with E-state index in [1.54, 1.807) is 0 Å². The van der Waals surface area contributed by atoms with Crippen molar-refractivity contribution in [1.82, 2.24) is 0 Å².